The van der Waals surface area contributed by atoms with Crippen molar-refractivity contribution >= 4 is 0 Å². The second-order valence-corrected chi connectivity index (χ2v) is 14.5. The Labute approximate surface area is 321 Å². The number of hydrogen-bond donors (Lipinski definition) is 0. The minimum atomic E-state index is -0.425. The maximum absolute atomic E-state index is 5.37. The summed E-state index contributed by atoms with van der Waals surface area (Å²) in [4.78, 5) is 10.6. The maximum Gasteiger partial charge on any atom is 0.160 e. The molecule has 0 bridgehead atoms. The summed E-state index contributed by atoms with van der Waals surface area (Å²) >= 11 is 0. The average Bonchev–Trinajstić information content (AvgIpc) is 3.74. The van der Waals surface area contributed by atoms with Crippen LogP contribution in [0.2, 0.25) is 0 Å². The van der Waals surface area contributed by atoms with E-state index in [-0.39, 0.29) is 0 Å². The highest BCUT2D eigenvalue weighted by Gasteiger charge is 2.51. The minimum absolute atomic E-state index is 0.425. The Morgan fingerprint density at radius 2 is 0.673 bits per heavy atom. The van der Waals surface area contributed by atoms with Crippen molar-refractivity contribution in [3.8, 4) is 78.4 Å². The fourth-order valence-electron chi connectivity index (χ4n) is 9.06. The Balaban J connectivity index is 1.12. The normalized spacial score (nSPS) is 12.9. The number of fused-ring (bicyclic) bond motifs is 10. The van der Waals surface area contributed by atoms with Gasteiger partial charge in [-0.2, -0.15) is 0 Å². The predicted molar refractivity (Wildman–Crippen MR) is 226 cm³/mol. The summed E-state index contributed by atoms with van der Waals surface area (Å²) in [7, 11) is 0. The highest BCUT2D eigenvalue weighted by molar-refractivity contribution is 5.96. The first kappa shape index (κ1) is 31.4. The van der Waals surface area contributed by atoms with Crippen molar-refractivity contribution < 1.29 is 0 Å². The lowest BCUT2D eigenvalue weighted by molar-refractivity contribution is 0.794. The van der Waals surface area contributed by atoms with Crippen LogP contribution >= 0.6 is 0 Å². The van der Waals surface area contributed by atoms with Gasteiger partial charge in [-0.3, -0.25) is 0 Å². The second kappa shape index (κ2) is 12.5. The van der Waals surface area contributed by atoms with Crippen molar-refractivity contribution in [2.24, 2.45) is 0 Å². The molecule has 0 fully saturated rings. The first-order valence-electron chi connectivity index (χ1n) is 18.9. The molecule has 2 aliphatic carbocycles. The van der Waals surface area contributed by atoms with Crippen LogP contribution in [0.15, 0.2) is 206 Å². The molecule has 0 radical (unpaired) electrons. The van der Waals surface area contributed by atoms with E-state index in [1.165, 1.54) is 55.6 Å². The van der Waals surface area contributed by atoms with Gasteiger partial charge in [0.2, 0.25) is 0 Å². The van der Waals surface area contributed by atoms with E-state index in [1.54, 1.807) is 0 Å². The molecule has 2 nitrogen and oxygen atoms in total. The van der Waals surface area contributed by atoms with E-state index in [1.807, 2.05) is 0 Å². The van der Waals surface area contributed by atoms with E-state index in [9.17, 15) is 0 Å². The van der Waals surface area contributed by atoms with Crippen molar-refractivity contribution in [1.82, 2.24) is 9.97 Å². The van der Waals surface area contributed by atoms with Gasteiger partial charge in [0.25, 0.3) is 0 Å². The molecule has 0 amide bonds. The summed E-state index contributed by atoms with van der Waals surface area (Å²) in [6.07, 6.45) is 0. The lowest BCUT2D eigenvalue weighted by atomic mass is 9.70. The average molecular weight is 699 g/mol. The third-order valence-electron chi connectivity index (χ3n) is 11.5. The second-order valence-electron chi connectivity index (χ2n) is 14.5. The van der Waals surface area contributed by atoms with Gasteiger partial charge in [0, 0.05) is 16.7 Å². The molecule has 9 aromatic rings. The van der Waals surface area contributed by atoms with Crippen LogP contribution in [0.5, 0.6) is 0 Å². The fraction of sp³-hybridized carbons (Fsp3) is 0.0189. The van der Waals surface area contributed by atoms with Crippen molar-refractivity contribution in [2.75, 3.05) is 0 Å². The molecule has 0 atom stereocenters. The monoisotopic (exact) mass is 698 g/mol. The zero-order chi connectivity index (χ0) is 36.3. The molecule has 2 aliphatic rings. The van der Waals surface area contributed by atoms with Gasteiger partial charge < -0.3 is 0 Å². The zero-order valence-corrected chi connectivity index (χ0v) is 30.0. The summed E-state index contributed by atoms with van der Waals surface area (Å²) in [6, 6.07) is 74.3. The SMILES string of the molecule is c1ccc(-c2ccc(-c3cc(-c4ccc5c(c4)C4(c6ccccc6-c6ccccc64)c4ccccc4-5)nc(-c4cccc(-c5ccccc5)c4)n3)cc2)cc1. The molecule has 1 spiro atoms. The fourth-order valence-corrected chi connectivity index (χ4v) is 9.06. The van der Waals surface area contributed by atoms with E-state index < -0.39 is 5.41 Å². The third kappa shape index (κ3) is 4.89. The van der Waals surface area contributed by atoms with Gasteiger partial charge in [-0.05, 0) is 85.0 Å². The van der Waals surface area contributed by atoms with Crippen LogP contribution in [0, 0.1) is 0 Å². The van der Waals surface area contributed by atoms with Crippen LogP contribution in [-0.4, -0.2) is 9.97 Å². The van der Waals surface area contributed by atoms with E-state index in [0.29, 0.717) is 5.82 Å². The zero-order valence-electron chi connectivity index (χ0n) is 30.0. The molecular formula is C53H34N2. The van der Waals surface area contributed by atoms with Crippen molar-refractivity contribution in [1.29, 1.82) is 0 Å². The number of rotatable bonds is 5. The molecule has 0 aliphatic heterocycles. The first-order chi connectivity index (χ1) is 27.3. The number of aromatic nitrogens is 2. The lowest BCUT2D eigenvalue weighted by Crippen LogP contribution is -2.25. The van der Waals surface area contributed by atoms with Crippen molar-refractivity contribution in [3.63, 3.8) is 0 Å². The Hall–Kier alpha value is -7.16. The van der Waals surface area contributed by atoms with Gasteiger partial charge >= 0.3 is 0 Å². The Bertz CT molecular complexity index is 2850. The Morgan fingerprint density at radius 1 is 0.255 bits per heavy atom. The Morgan fingerprint density at radius 3 is 1.27 bits per heavy atom. The molecule has 2 heteroatoms. The molecule has 1 heterocycles. The van der Waals surface area contributed by atoms with E-state index in [0.717, 1.165) is 39.2 Å². The van der Waals surface area contributed by atoms with Crippen molar-refractivity contribution in [2.45, 2.75) is 5.41 Å². The molecular weight excluding hydrogens is 665 g/mol. The van der Waals surface area contributed by atoms with Gasteiger partial charge in [0.15, 0.2) is 5.82 Å². The molecule has 55 heavy (non-hydrogen) atoms. The lowest BCUT2D eigenvalue weighted by Gasteiger charge is -2.30. The molecule has 0 saturated heterocycles. The van der Waals surface area contributed by atoms with Crippen molar-refractivity contribution in [3.05, 3.63) is 229 Å². The minimum Gasteiger partial charge on any atom is -0.228 e. The van der Waals surface area contributed by atoms with Crippen LogP contribution in [0.1, 0.15) is 22.3 Å². The quantitative estimate of drug-likeness (QED) is 0.179. The highest BCUT2D eigenvalue weighted by atomic mass is 14.9. The van der Waals surface area contributed by atoms with Crippen LogP contribution in [0.25, 0.3) is 78.4 Å². The van der Waals surface area contributed by atoms with Crippen LogP contribution in [-0.2, 0) is 5.41 Å². The van der Waals surface area contributed by atoms with Crippen LogP contribution in [0.3, 0.4) is 0 Å². The predicted octanol–water partition coefficient (Wildman–Crippen LogP) is 13.2. The summed E-state index contributed by atoms with van der Waals surface area (Å²) in [5, 5.41) is 0. The first-order valence-corrected chi connectivity index (χ1v) is 18.9. The number of nitrogens with zero attached hydrogens (tertiary/aromatic N) is 2. The number of hydrogen-bond acceptors (Lipinski definition) is 2. The molecule has 0 N–H and O–H groups in total. The van der Waals surface area contributed by atoms with E-state index in [2.05, 4.69) is 206 Å². The van der Waals surface area contributed by atoms with Gasteiger partial charge in [0.1, 0.15) is 0 Å². The summed E-state index contributed by atoms with van der Waals surface area (Å²) in [5.74, 6) is 0.701. The molecule has 11 rings (SSSR count). The van der Waals surface area contributed by atoms with E-state index in [4.69, 9.17) is 9.97 Å². The summed E-state index contributed by atoms with van der Waals surface area (Å²) in [6.45, 7) is 0. The van der Waals surface area contributed by atoms with Gasteiger partial charge in [-0.15, -0.1) is 0 Å². The number of benzene rings is 8. The summed E-state index contributed by atoms with van der Waals surface area (Å²) in [5.41, 5.74) is 19.6. The molecule has 1 aromatic heterocycles. The van der Waals surface area contributed by atoms with E-state index >= 15 is 0 Å². The van der Waals surface area contributed by atoms with Gasteiger partial charge in [-0.1, -0.05) is 188 Å². The largest absolute Gasteiger partial charge is 0.228 e. The maximum atomic E-state index is 5.37. The standard InChI is InChI=1S/C53H34N2/c1-3-14-35(15-4-1)37-26-28-38(29-27-37)50-34-51(55-52(54-50)41-19-13-18-39(32-41)36-16-5-2-6-17-36)40-30-31-45-44-22-9-12-25-48(44)53(49(45)33-40)46-23-10-7-20-42(46)43-21-8-11-24-47(43)53/h1-34H. The topological polar surface area (TPSA) is 25.8 Å². The smallest absolute Gasteiger partial charge is 0.160 e. The van der Waals surface area contributed by atoms with Gasteiger partial charge in [0.05, 0.1) is 16.8 Å². The van der Waals surface area contributed by atoms with Crippen LogP contribution < -0.4 is 0 Å². The Kier molecular flexibility index (Phi) is 7.11. The third-order valence-corrected chi connectivity index (χ3v) is 11.5. The highest BCUT2D eigenvalue weighted by Crippen LogP contribution is 2.63. The molecule has 0 unspecified atom stereocenters. The van der Waals surface area contributed by atoms with Crippen LogP contribution in [0.4, 0.5) is 0 Å². The summed E-state index contributed by atoms with van der Waals surface area (Å²) < 4.78 is 0. The molecule has 256 valence electrons. The molecule has 8 aromatic carbocycles. The molecule has 0 saturated carbocycles. The van der Waals surface area contributed by atoms with Gasteiger partial charge in [-0.25, -0.2) is 9.97 Å².